The molecule has 6 unspecified atom stereocenters. The number of nitrogens with one attached hydrogen (secondary N) is 11. The molecule has 0 heterocycles. The normalized spacial score (nSPS) is 14.4. The van der Waals surface area contributed by atoms with Crippen molar-refractivity contribution in [1.82, 2.24) is 58.5 Å². The topological polar surface area (TPSA) is 312 Å². The van der Waals surface area contributed by atoms with Gasteiger partial charge in [-0.15, -0.1) is 0 Å². The van der Waals surface area contributed by atoms with E-state index in [1.807, 2.05) is 42.5 Å². The van der Waals surface area contributed by atoms with Crippen LogP contribution in [0.3, 0.4) is 0 Å². The highest BCUT2D eigenvalue weighted by molar-refractivity contribution is 6.00. The molecule has 6 atom stereocenters. The van der Waals surface area contributed by atoms with E-state index in [-0.39, 0.29) is 31.7 Å². The molecule has 3 rings (SSSR count). The van der Waals surface area contributed by atoms with Crippen LogP contribution in [0.4, 0.5) is 0 Å². The second kappa shape index (κ2) is 32.7. The van der Waals surface area contributed by atoms with Gasteiger partial charge in [-0.05, 0) is 130 Å². The Morgan fingerprint density at radius 1 is 0.487 bits per heavy atom. The fourth-order valence-electron chi connectivity index (χ4n) is 8.26. The monoisotopic (exact) mass is 1110 g/mol. The highest BCUT2D eigenvalue weighted by atomic mass is 16.2. The maximum atomic E-state index is 14.3. The van der Waals surface area contributed by atoms with Crippen LogP contribution in [0.1, 0.15) is 118 Å². The summed E-state index contributed by atoms with van der Waals surface area (Å²) in [4.78, 5) is 122. The Bertz CT molecular complexity index is 2500. The van der Waals surface area contributed by atoms with Crippen molar-refractivity contribution >= 4 is 53.2 Å². The van der Waals surface area contributed by atoms with Gasteiger partial charge in [-0.1, -0.05) is 105 Å². The van der Waals surface area contributed by atoms with Crippen molar-refractivity contribution in [2.45, 2.75) is 167 Å². The Hall–Kier alpha value is -7.23. The first kappa shape index (κ1) is 67.0. The van der Waals surface area contributed by atoms with Crippen LogP contribution in [0, 0.1) is 0 Å². The van der Waals surface area contributed by atoms with Crippen molar-refractivity contribution in [2.75, 3.05) is 39.3 Å². The summed E-state index contributed by atoms with van der Waals surface area (Å²) < 4.78 is 0. The lowest BCUT2D eigenvalue weighted by molar-refractivity contribution is -0.139. The molecule has 3 aromatic rings. The van der Waals surface area contributed by atoms with Crippen LogP contribution >= 0.6 is 0 Å². The minimum atomic E-state index is -1.62. The highest BCUT2D eigenvalue weighted by Gasteiger charge is 2.41. The molecule has 440 valence electrons. The van der Waals surface area contributed by atoms with Gasteiger partial charge in [0.15, 0.2) is 0 Å². The Labute approximate surface area is 472 Å². The van der Waals surface area contributed by atoms with Crippen molar-refractivity contribution < 1.29 is 43.2 Å². The molecule has 0 radical (unpaired) electrons. The van der Waals surface area contributed by atoms with Gasteiger partial charge in [-0.3, -0.25) is 43.2 Å². The third-order valence-electron chi connectivity index (χ3n) is 13.8. The fourth-order valence-corrected chi connectivity index (χ4v) is 8.26. The molecule has 9 amide bonds. The summed E-state index contributed by atoms with van der Waals surface area (Å²) in [6, 6.07) is 24.2. The molecule has 0 spiro atoms. The van der Waals surface area contributed by atoms with Crippen molar-refractivity contribution in [1.29, 1.82) is 0 Å². The summed E-state index contributed by atoms with van der Waals surface area (Å²) >= 11 is 0. The van der Waals surface area contributed by atoms with E-state index in [1.54, 1.807) is 69.3 Å². The third kappa shape index (κ3) is 22.9. The van der Waals surface area contributed by atoms with E-state index < -0.39 is 100.0 Å². The number of amides is 9. The summed E-state index contributed by atoms with van der Waals surface area (Å²) in [5.41, 5.74) is 2.01. The smallest absolute Gasteiger partial charge is 0.246 e. The molecule has 0 fully saturated rings. The van der Waals surface area contributed by atoms with Crippen molar-refractivity contribution in [2.24, 2.45) is 5.73 Å². The Kier molecular flexibility index (Phi) is 27.4. The molecule has 80 heavy (non-hydrogen) atoms. The SMILES string of the molecule is CCC(C)(NC(=O)C(C)NC(=O)C(C)(C)NC(=O)C(C)(C)NC(=O)C(Cc1ccccc1)NC(C)=O)C(=O)NCC(=O)NC(Cc1ccccc1)C(=O)NC(C)(CC)C(=O)NC(CNCCCNCCCCN)Cc1ccccc1. The van der Waals surface area contributed by atoms with Crippen LogP contribution in [0.15, 0.2) is 91.0 Å². The van der Waals surface area contributed by atoms with Crippen LogP contribution in [0.25, 0.3) is 0 Å². The molecule has 0 aromatic heterocycles. The summed E-state index contributed by atoms with van der Waals surface area (Å²) in [6.07, 6.45) is 3.95. The van der Waals surface area contributed by atoms with Gasteiger partial charge in [0.05, 0.1) is 6.54 Å². The molecular formula is C59H90N12O9. The Morgan fingerprint density at radius 2 is 0.950 bits per heavy atom. The molecule has 3 aromatic carbocycles. The van der Waals surface area contributed by atoms with Gasteiger partial charge < -0.3 is 64.2 Å². The number of hydrogen-bond acceptors (Lipinski definition) is 12. The van der Waals surface area contributed by atoms with Crippen LogP contribution < -0.4 is 64.2 Å². The van der Waals surface area contributed by atoms with Crippen LogP contribution in [-0.4, -0.2) is 139 Å². The third-order valence-corrected chi connectivity index (χ3v) is 13.8. The zero-order valence-electron chi connectivity index (χ0n) is 48.6. The summed E-state index contributed by atoms with van der Waals surface area (Å²) in [5.74, 6) is -5.74. The van der Waals surface area contributed by atoms with Crippen LogP contribution in [0.5, 0.6) is 0 Å². The number of carbonyl (C=O) groups excluding carboxylic acids is 9. The molecular weight excluding hydrogens is 1020 g/mol. The van der Waals surface area contributed by atoms with E-state index in [4.69, 9.17) is 5.73 Å². The van der Waals surface area contributed by atoms with Gasteiger partial charge in [0.1, 0.15) is 40.3 Å². The zero-order valence-corrected chi connectivity index (χ0v) is 48.6. The Balaban J connectivity index is 1.63. The quantitative estimate of drug-likeness (QED) is 0.0373. The summed E-state index contributed by atoms with van der Waals surface area (Å²) in [6.45, 7) is 18.0. The minimum absolute atomic E-state index is 0.0624. The van der Waals surface area contributed by atoms with Gasteiger partial charge in [0.2, 0.25) is 53.2 Å². The fraction of sp³-hybridized carbons (Fsp3) is 0.542. The van der Waals surface area contributed by atoms with E-state index in [0.29, 0.717) is 19.5 Å². The second-order valence-electron chi connectivity index (χ2n) is 21.8. The molecule has 0 aliphatic heterocycles. The standard InChI is InChI=1S/C59H90N12O9/c1-11-58(9,69-49(74)40(3)64-52(77)56(5,6)71-53(78)57(7,8)68-50(75)46(65-41(4)72)36-43-27-18-14-19-28-43)54(79)63-39-48(73)67-47(37-44-29-20-15-21-30-44)51(76)70-59(10,12-2)55(80)66-45(35-42-25-16-13-17-26-42)38-62-34-24-33-61-32-23-22-31-60/h13-21,25-30,40,45-47,61-62H,11-12,22-24,31-39,60H2,1-10H3,(H,63,79)(H,64,77)(H,65,72)(H,66,80)(H,67,73)(H,68,75)(H,69,74)(H,70,76)(H,71,78). The Morgan fingerprint density at radius 3 is 1.48 bits per heavy atom. The van der Waals surface area contributed by atoms with Gasteiger partial charge in [0.25, 0.3) is 0 Å². The lowest BCUT2D eigenvalue weighted by Gasteiger charge is -2.34. The first-order chi connectivity index (χ1) is 37.8. The number of carbonyl (C=O) groups is 9. The zero-order chi connectivity index (χ0) is 59.5. The second-order valence-corrected chi connectivity index (χ2v) is 21.8. The molecule has 21 nitrogen and oxygen atoms in total. The van der Waals surface area contributed by atoms with E-state index in [9.17, 15) is 43.2 Å². The van der Waals surface area contributed by atoms with Gasteiger partial charge in [0, 0.05) is 32.4 Å². The first-order valence-electron chi connectivity index (χ1n) is 27.8. The largest absolute Gasteiger partial charge is 0.350 e. The van der Waals surface area contributed by atoms with Gasteiger partial charge >= 0.3 is 0 Å². The minimum Gasteiger partial charge on any atom is -0.350 e. The van der Waals surface area contributed by atoms with Gasteiger partial charge in [-0.2, -0.15) is 0 Å². The maximum Gasteiger partial charge on any atom is 0.246 e. The van der Waals surface area contributed by atoms with Crippen LogP contribution in [-0.2, 0) is 62.4 Å². The molecule has 0 bridgehead atoms. The van der Waals surface area contributed by atoms with E-state index >= 15 is 0 Å². The summed E-state index contributed by atoms with van der Waals surface area (Å²) in [7, 11) is 0. The number of hydrogen-bond donors (Lipinski definition) is 12. The van der Waals surface area contributed by atoms with Gasteiger partial charge in [-0.25, -0.2) is 0 Å². The predicted octanol–water partition coefficient (Wildman–Crippen LogP) is 1.48. The van der Waals surface area contributed by atoms with Crippen LogP contribution in [0.2, 0.25) is 0 Å². The van der Waals surface area contributed by atoms with Crippen molar-refractivity contribution in [3.63, 3.8) is 0 Å². The molecule has 0 saturated heterocycles. The van der Waals surface area contributed by atoms with Crippen molar-refractivity contribution in [3.05, 3.63) is 108 Å². The highest BCUT2D eigenvalue weighted by Crippen LogP contribution is 2.16. The van der Waals surface area contributed by atoms with E-state index in [1.165, 1.54) is 48.5 Å². The lowest BCUT2D eigenvalue weighted by atomic mass is 9.94. The average molecular weight is 1110 g/mol. The van der Waals surface area contributed by atoms with E-state index in [0.717, 1.165) is 55.6 Å². The number of rotatable bonds is 35. The maximum absolute atomic E-state index is 14.3. The molecule has 13 N–H and O–H groups in total. The average Bonchev–Trinajstić information content (AvgIpc) is 3.46. The first-order valence-corrected chi connectivity index (χ1v) is 27.8. The van der Waals surface area contributed by atoms with E-state index in [2.05, 4.69) is 58.5 Å². The predicted molar refractivity (Wildman–Crippen MR) is 309 cm³/mol. The summed E-state index contributed by atoms with van der Waals surface area (Å²) in [5, 5.41) is 31.4. The number of benzene rings is 3. The number of nitrogens with two attached hydrogens (primary N) is 1. The molecule has 0 aliphatic rings. The molecule has 21 heteroatoms. The molecule has 0 saturated carbocycles. The number of unbranched alkanes of at least 4 members (excludes halogenated alkanes) is 1. The van der Waals surface area contributed by atoms with Crippen molar-refractivity contribution in [3.8, 4) is 0 Å². The molecule has 0 aliphatic carbocycles. The lowest BCUT2D eigenvalue weighted by Crippen LogP contribution is -2.66.